The first-order chi connectivity index (χ1) is 8.65. The van der Waals surface area contributed by atoms with Gasteiger partial charge in [-0.15, -0.1) is 0 Å². The fourth-order valence-electron chi connectivity index (χ4n) is 1.73. The lowest BCUT2D eigenvalue weighted by atomic mass is 10.1. The van der Waals surface area contributed by atoms with Crippen molar-refractivity contribution in [2.45, 2.75) is 39.3 Å². The van der Waals surface area contributed by atoms with Gasteiger partial charge in [0.2, 0.25) is 0 Å². The normalized spacial score (nSPS) is 12.4. The third-order valence-electron chi connectivity index (χ3n) is 2.67. The Morgan fingerprint density at radius 2 is 2.17 bits per heavy atom. The quantitative estimate of drug-likeness (QED) is 0.620. The monoisotopic (exact) mass is 253 g/mol. The van der Waals surface area contributed by atoms with Crippen LogP contribution in [0.15, 0.2) is 18.2 Å². The Morgan fingerprint density at radius 3 is 2.83 bits per heavy atom. The van der Waals surface area contributed by atoms with E-state index in [1.807, 2.05) is 19.1 Å². The lowest BCUT2D eigenvalue weighted by Gasteiger charge is -2.11. The molecule has 0 heterocycles. The maximum absolute atomic E-state index is 9.96. The molecule has 0 spiro atoms. The van der Waals surface area contributed by atoms with Gasteiger partial charge in [-0.25, -0.2) is 0 Å². The standard InChI is InChI=1S/C14H23NO3/c1-3-18-13-8-4-7-12(14(13)17)10-15-9-5-6-11(2)16/h4,7-8,11,15-17H,3,5-6,9-10H2,1-2H3. The summed E-state index contributed by atoms with van der Waals surface area (Å²) >= 11 is 0. The van der Waals surface area contributed by atoms with Crippen LogP contribution >= 0.6 is 0 Å². The number of hydrogen-bond donors (Lipinski definition) is 3. The van der Waals surface area contributed by atoms with Crippen LogP contribution in [0.2, 0.25) is 0 Å². The predicted molar refractivity (Wildman–Crippen MR) is 71.9 cm³/mol. The van der Waals surface area contributed by atoms with Crippen LogP contribution < -0.4 is 10.1 Å². The molecule has 0 amide bonds. The number of para-hydroxylation sites is 1. The second-order valence-electron chi connectivity index (χ2n) is 4.36. The first-order valence-electron chi connectivity index (χ1n) is 6.47. The molecule has 0 saturated heterocycles. The Morgan fingerprint density at radius 1 is 1.39 bits per heavy atom. The third-order valence-corrected chi connectivity index (χ3v) is 2.67. The Labute approximate surface area is 109 Å². The van der Waals surface area contributed by atoms with Gasteiger partial charge in [-0.2, -0.15) is 0 Å². The molecule has 0 saturated carbocycles. The van der Waals surface area contributed by atoms with Crippen molar-refractivity contribution < 1.29 is 14.9 Å². The van der Waals surface area contributed by atoms with Crippen LogP contribution in [0.3, 0.4) is 0 Å². The van der Waals surface area contributed by atoms with Crippen LogP contribution in [-0.4, -0.2) is 29.5 Å². The first-order valence-corrected chi connectivity index (χ1v) is 6.47. The van der Waals surface area contributed by atoms with Crippen molar-refractivity contribution in [2.24, 2.45) is 0 Å². The largest absolute Gasteiger partial charge is 0.504 e. The van der Waals surface area contributed by atoms with E-state index < -0.39 is 0 Å². The van der Waals surface area contributed by atoms with E-state index in [4.69, 9.17) is 9.84 Å². The number of aliphatic hydroxyl groups is 1. The fraction of sp³-hybridized carbons (Fsp3) is 0.571. The minimum atomic E-state index is -0.249. The summed E-state index contributed by atoms with van der Waals surface area (Å²) in [5.41, 5.74) is 0.831. The van der Waals surface area contributed by atoms with E-state index in [9.17, 15) is 5.11 Å². The van der Waals surface area contributed by atoms with Crippen molar-refractivity contribution in [3.05, 3.63) is 23.8 Å². The van der Waals surface area contributed by atoms with Crippen LogP contribution in [0, 0.1) is 0 Å². The second kappa shape index (κ2) is 7.95. The Bertz CT molecular complexity index is 353. The van der Waals surface area contributed by atoms with Crippen LogP contribution in [-0.2, 0) is 6.54 Å². The molecule has 1 rings (SSSR count). The van der Waals surface area contributed by atoms with E-state index in [1.54, 1.807) is 13.0 Å². The number of aliphatic hydroxyl groups excluding tert-OH is 1. The highest BCUT2D eigenvalue weighted by Gasteiger charge is 2.07. The Hall–Kier alpha value is -1.26. The zero-order valence-corrected chi connectivity index (χ0v) is 11.1. The summed E-state index contributed by atoms with van der Waals surface area (Å²) < 4.78 is 5.33. The number of phenolic OH excluding ortho intramolecular Hbond substituents is 1. The lowest BCUT2D eigenvalue weighted by Crippen LogP contribution is -2.16. The van der Waals surface area contributed by atoms with Gasteiger partial charge in [0.25, 0.3) is 0 Å². The van der Waals surface area contributed by atoms with Gasteiger partial charge in [-0.3, -0.25) is 0 Å². The first kappa shape index (κ1) is 14.8. The molecule has 0 fully saturated rings. The number of ether oxygens (including phenoxy) is 1. The molecule has 102 valence electrons. The number of phenols is 1. The topological polar surface area (TPSA) is 61.7 Å². The van der Waals surface area contributed by atoms with Gasteiger partial charge in [0.05, 0.1) is 12.7 Å². The van der Waals surface area contributed by atoms with Gasteiger partial charge >= 0.3 is 0 Å². The number of hydrogen-bond acceptors (Lipinski definition) is 4. The van der Waals surface area contributed by atoms with Gasteiger partial charge < -0.3 is 20.3 Å². The van der Waals surface area contributed by atoms with Gasteiger partial charge in [0.1, 0.15) is 0 Å². The molecule has 1 aromatic carbocycles. The average Bonchev–Trinajstić information content (AvgIpc) is 2.33. The van der Waals surface area contributed by atoms with E-state index in [2.05, 4.69) is 5.32 Å². The van der Waals surface area contributed by atoms with Crippen molar-refractivity contribution >= 4 is 0 Å². The molecule has 0 aliphatic carbocycles. The van der Waals surface area contributed by atoms with Gasteiger partial charge in [0, 0.05) is 12.1 Å². The highest BCUT2D eigenvalue weighted by atomic mass is 16.5. The highest BCUT2D eigenvalue weighted by molar-refractivity contribution is 5.45. The van der Waals surface area contributed by atoms with Gasteiger partial charge in [0.15, 0.2) is 11.5 Å². The summed E-state index contributed by atoms with van der Waals surface area (Å²) in [6.45, 7) is 5.65. The minimum Gasteiger partial charge on any atom is -0.504 e. The van der Waals surface area contributed by atoms with E-state index in [1.165, 1.54) is 0 Å². The number of nitrogens with one attached hydrogen (secondary N) is 1. The van der Waals surface area contributed by atoms with Crippen molar-refractivity contribution in [1.82, 2.24) is 5.32 Å². The summed E-state index contributed by atoms with van der Waals surface area (Å²) in [5, 5.41) is 22.3. The highest BCUT2D eigenvalue weighted by Crippen LogP contribution is 2.29. The van der Waals surface area contributed by atoms with E-state index in [0.717, 1.165) is 24.9 Å². The molecule has 0 bridgehead atoms. The van der Waals surface area contributed by atoms with Crippen molar-refractivity contribution in [2.75, 3.05) is 13.2 Å². The SMILES string of the molecule is CCOc1cccc(CNCCCC(C)O)c1O. The number of benzene rings is 1. The minimum absolute atomic E-state index is 0.211. The fourth-order valence-corrected chi connectivity index (χ4v) is 1.73. The molecule has 0 aliphatic heterocycles. The maximum Gasteiger partial charge on any atom is 0.162 e. The summed E-state index contributed by atoms with van der Waals surface area (Å²) in [4.78, 5) is 0. The van der Waals surface area contributed by atoms with Crippen LogP contribution in [0.4, 0.5) is 0 Å². The smallest absolute Gasteiger partial charge is 0.162 e. The molecule has 1 unspecified atom stereocenters. The molecule has 3 N–H and O–H groups in total. The predicted octanol–water partition coefficient (Wildman–Crippen LogP) is 2.04. The van der Waals surface area contributed by atoms with Crippen LogP contribution in [0.5, 0.6) is 11.5 Å². The molecule has 0 aromatic heterocycles. The summed E-state index contributed by atoms with van der Waals surface area (Å²) in [5.74, 6) is 0.739. The zero-order valence-electron chi connectivity index (χ0n) is 11.1. The molecule has 1 atom stereocenters. The second-order valence-corrected chi connectivity index (χ2v) is 4.36. The molecule has 1 aromatic rings. The van der Waals surface area contributed by atoms with E-state index in [0.29, 0.717) is 18.9 Å². The third kappa shape index (κ3) is 4.94. The number of aromatic hydroxyl groups is 1. The van der Waals surface area contributed by atoms with Crippen LogP contribution in [0.25, 0.3) is 0 Å². The Kier molecular flexibility index (Phi) is 6.54. The van der Waals surface area contributed by atoms with Crippen LogP contribution in [0.1, 0.15) is 32.3 Å². The Balaban J connectivity index is 2.40. The molecule has 4 heteroatoms. The lowest BCUT2D eigenvalue weighted by molar-refractivity contribution is 0.181. The number of rotatable bonds is 8. The van der Waals surface area contributed by atoms with Crippen molar-refractivity contribution in [3.63, 3.8) is 0 Å². The molecule has 18 heavy (non-hydrogen) atoms. The summed E-state index contributed by atoms with van der Waals surface area (Å²) in [6, 6.07) is 5.51. The maximum atomic E-state index is 9.96. The molecule has 0 radical (unpaired) electrons. The van der Waals surface area contributed by atoms with E-state index >= 15 is 0 Å². The molecule has 0 aliphatic rings. The van der Waals surface area contributed by atoms with Crippen molar-refractivity contribution in [1.29, 1.82) is 0 Å². The van der Waals surface area contributed by atoms with Crippen molar-refractivity contribution in [3.8, 4) is 11.5 Å². The van der Waals surface area contributed by atoms with Gasteiger partial charge in [-0.05, 0) is 39.3 Å². The van der Waals surface area contributed by atoms with Gasteiger partial charge in [-0.1, -0.05) is 12.1 Å². The average molecular weight is 253 g/mol. The summed E-state index contributed by atoms with van der Waals surface area (Å²) in [7, 11) is 0. The zero-order chi connectivity index (χ0) is 13.4. The summed E-state index contributed by atoms with van der Waals surface area (Å²) in [6.07, 6.45) is 1.46. The van der Waals surface area contributed by atoms with E-state index in [-0.39, 0.29) is 11.9 Å². The molecular formula is C14H23NO3. The molecule has 4 nitrogen and oxygen atoms in total. The molecular weight excluding hydrogens is 230 g/mol.